The van der Waals surface area contributed by atoms with Crippen molar-refractivity contribution in [1.29, 1.82) is 0 Å². The first kappa shape index (κ1) is 21.6. The van der Waals surface area contributed by atoms with E-state index in [1.165, 1.54) is 5.56 Å². The molecule has 1 unspecified atom stereocenters. The zero-order valence-corrected chi connectivity index (χ0v) is 17.4. The van der Waals surface area contributed by atoms with Gasteiger partial charge in [-0.05, 0) is 68.7 Å². The van der Waals surface area contributed by atoms with Gasteiger partial charge >= 0.3 is 6.03 Å². The number of hydrogen-bond acceptors (Lipinski definition) is 3. The molecular formula is C23H32N2O3. The van der Waals surface area contributed by atoms with Gasteiger partial charge in [0.15, 0.2) is 0 Å². The van der Waals surface area contributed by atoms with Gasteiger partial charge in [0.05, 0.1) is 13.7 Å². The summed E-state index contributed by atoms with van der Waals surface area (Å²) < 4.78 is 10.9. The van der Waals surface area contributed by atoms with Crippen molar-refractivity contribution in [2.75, 3.05) is 25.6 Å². The Balaban J connectivity index is 1.92. The second-order valence-electron chi connectivity index (χ2n) is 6.84. The number of carbonyl (C=O) groups excluding carboxylic acids is 1. The molecule has 0 aliphatic heterocycles. The third kappa shape index (κ3) is 6.48. The summed E-state index contributed by atoms with van der Waals surface area (Å²) in [6, 6.07) is 15.5. The van der Waals surface area contributed by atoms with E-state index in [1.807, 2.05) is 60.4 Å². The molecule has 0 aliphatic rings. The van der Waals surface area contributed by atoms with Gasteiger partial charge in [-0.1, -0.05) is 25.5 Å². The molecule has 0 heterocycles. The summed E-state index contributed by atoms with van der Waals surface area (Å²) in [7, 11) is 1.66. The molecule has 0 fully saturated rings. The summed E-state index contributed by atoms with van der Waals surface area (Å²) in [4.78, 5) is 14.6. The monoisotopic (exact) mass is 384 g/mol. The normalized spacial score (nSPS) is 11.6. The predicted molar refractivity (Wildman–Crippen MR) is 114 cm³/mol. The smallest absolute Gasteiger partial charge is 0.322 e. The molecular weight excluding hydrogens is 352 g/mol. The molecule has 0 saturated carbocycles. The molecule has 0 aliphatic carbocycles. The molecule has 1 N–H and O–H groups in total. The van der Waals surface area contributed by atoms with Crippen molar-refractivity contribution in [3.8, 4) is 11.5 Å². The van der Waals surface area contributed by atoms with Crippen molar-refractivity contribution in [3.05, 3.63) is 54.1 Å². The van der Waals surface area contributed by atoms with Crippen LogP contribution in [0.25, 0.3) is 0 Å². The highest BCUT2D eigenvalue weighted by Crippen LogP contribution is 2.18. The number of hydrogen-bond donors (Lipinski definition) is 1. The van der Waals surface area contributed by atoms with Crippen LogP contribution in [0.15, 0.2) is 48.5 Å². The van der Waals surface area contributed by atoms with E-state index in [-0.39, 0.29) is 12.1 Å². The summed E-state index contributed by atoms with van der Waals surface area (Å²) in [5.74, 6) is 1.66. The first-order chi connectivity index (χ1) is 13.6. The number of nitrogens with zero attached hydrogens (tertiary/aromatic N) is 1. The molecule has 5 nitrogen and oxygen atoms in total. The number of rotatable bonds is 10. The molecule has 2 aromatic carbocycles. The molecule has 2 aromatic rings. The van der Waals surface area contributed by atoms with Gasteiger partial charge in [0.25, 0.3) is 0 Å². The lowest BCUT2D eigenvalue weighted by Crippen LogP contribution is -2.42. The quantitative estimate of drug-likeness (QED) is 0.561. The highest BCUT2D eigenvalue weighted by molar-refractivity contribution is 5.89. The zero-order valence-electron chi connectivity index (χ0n) is 17.4. The van der Waals surface area contributed by atoms with E-state index >= 15 is 0 Å². The number of amides is 2. The van der Waals surface area contributed by atoms with Crippen molar-refractivity contribution in [3.63, 3.8) is 0 Å². The Morgan fingerprint density at radius 1 is 1.04 bits per heavy atom. The van der Waals surface area contributed by atoms with E-state index in [9.17, 15) is 4.79 Å². The third-order valence-electron chi connectivity index (χ3n) is 4.70. The number of urea groups is 1. The van der Waals surface area contributed by atoms with Crippen LogP contribution in [0.5, 0.6) is 11.5 Å². The molecule has 0 bridgehead atoms. The van der Waals surface area contributed by atoms with Crippen LogP contribution in [0.4, 0.5) is 10.5 Å². The van der Waals surface area contributed by atoms with Crippen molar-refractivity contribution >= 4 is 11.7 Å². The Hall–Kier alpha value is -2.69. The fraction of sp³-hybridized carbons (Fsp3) is 0.435. The number of methoxy groups -OCH3 is 1. The lowest BCUT2D eigenvalue weighted by molar-refractivity contribution is 0.196. The average Bonchev–Trinajstić information content (AvgIpc) is 2.70. The molecule has 0 saturated heterocycles. The number of benzene rings is 2. The van der Waals surface area contributed by atoms with Gasteiger partial charge in [-0.25, -0.2) is 4.79 Å². The van der Waals surface area contributed by atoms with E-state index in [0.29, 0.717) is 13.2 Å². The lowest BCUT2D eigenvalue weighted by Gasteiger charge is -2.28. The van der Waals surface area contributed by atoms with E-state index < -0.39 is 0 Å². The van der Waals surface area contributed by atoms with Crippen LogP contribution in [0.3, 0.4) is 0 Å². The van der Waals surface area contributed by atoms with Crippen molar-refractivity contribution in [1.82, 2.24) is 4.90 Å². The third-order valence-corrected chi connectivity index (χ3v) is 4.70. The maximum Gasteiger partial charge on any atom is 0.322 e. The van der Waals surface area contributed by atoms with Crippen LogP contribution in [-0.4, -0.2) is 37.2 Å². The molecule has 1 atom stereocenters. The van der Waals surface area contributed by atoms with Crippen LogP contribution in [0.1, 0.15) is 39.2 Å². The van der Waals surface area contributed by atoms with E-state index in [0.717, 1.165) is 36.4 Å². The van der Waals surface area contributed by atoms with E-state index in [4.69, 9.17) is 9.47 Å². The Bertz CT molecular complexity index is 714. The number of nitrogens with one attached hydrogen (secondary N) is 1. The van der Waals surface area contributed by atoms with E-state index in [2.05, 4.69) is 19.2 Å². The second-order valence-corrected chi connectivity index (χ2v) is 6.84. The van der Waals surface area contributed by atoms with Gasteiger partial charge in [-0.2, -0.15) is 0 Å². The minimum atomic E-state index is -0.0943. The maximum atomic E-state index is 12.7. The Kier molecular flexibility index (Phi) is 8.66. The Labute approximate surface area is 168 Å². The number of anilines is 1. The second kappa shape index (κ2) is 11.2. The summed E-state index contributed by atoms with van der Waals surface area (Å²) in [5.41, 5.74) is 1.94. The van der Waals surface area contributed by atoms with Crippen molar-refractivity contribution < 1.29 is 14.3 Å². The van der Waals surface area contributed by atoms with Gasteiger partial charge in [0.2, 0.25) is 0 Å². The topological polar surface area (TPSA) is 50.8 Å². The summed E-state index contributed by atoms with van der Waals surface area (Å²) in [5, 5.41) is 2.98. The number of carbonyl (C=O) groups is 1. The van der Waals surface area contributed by atoms with Gasteiger partial charge < -0.3 is 19.7 Å². The number of ether oxygens (including phenoxy) is 2. The predicted octanol–water partition coefficient (Wildman–Crippen LogP) is 5.36. The van der Waals surface area contributed by atoms with Gasteiger partial charge in [0.1, 0.15) is 11.5 Å². The largest absolute Gasteiger partial charge is 0.497 e. The zero-order chi connectivity index (χ0) is 20.4. The standard InChI is InChI=1S/C23H32N2O3/c1-5-7-16-28-22-14-10-20(11-15-22)24-23(26)25(6-2)18(3)17-19-8-12-21(27-4)13-9-19/h8-15,18H,5-7,16-17H2,1-4H3,(H,24,26). The Morgan fingerprint density at radius 3 is 2.25 bits per heavy atom. The highest BCUT2D eigenvalue weighted by Gasteiger charge is 2.19. The SMILES string of the molecule is CCCCOc1ccc(NC(=O)N(CC)C(C)Cc2ccc(OC)cc2)cc1. The van der Waals surface area contributed by atoms with E-state index in [1.54, 1.807) is 7.11 Å². The number of likely N-dealkylation sites (N-methyl/N-ethyl adjacent to an activating group) is 1. The molecule has 28 heavy (non-hydrogen) atoms. The van der Waals surface area contributed by atoms with Crippen LogP contribution in [-0.2, 0) is 6.42 Å². The molecule has 2 rings (SSSR count). The molecule has 0 spiro atoms. The molecule has 2 amide bonds. The lowest BCUT2D eigenvalue weighted by atomic mass is 10.1. The Morgan fingerprint density at radius 2 is 1.68 bits per heavy atom. The van der Waals surface area contributed by atoms with Crippen molar-refractivity contribution in [2.45, 2.75) is 46.1 Å². The molecule has 5 heteroatoms. The summed E-state index contributed by atoms with van der Waals surface area (Å²) in [6.45, 7) is 7.56. The van der Waals surface area contributed by atoms with Gasteiger partial charge in [-0.15, -0.1) is 0 Å². The van der Waals surface area contributed by atoms with Crippen LogP contribution < -0.4 is 14.8 Å². The minimum absolute atomic E-state index is 0.0787. The van der Waals surface area contributed by atoms with Crippen LogP contribution in [0.2, 0.25) is 0 Å². The molecule has 0 aromatic heterocycles. The molecule has 152 valence electrons. The summed E-state index contributed by atoms with van der Waals surface area (Å²) in [6.07, 6.45) is 2.93. The fourth-order valence-corrected chi connectivity index (χ4v) is 3.03. The fourth-order valence-electron chi connectivity index (χ4n) is 3.03. The van der Waals surface area contributed by atoms with Gasteiger partial charge in [0, 0.05) is 18.3 Å². The highest BCUT2D eigenvalue weighted by atomic mass is 16.5. The minimum Gasteiger partial charge on any atom is -0.497 e. The molecule has 0 radical (unpaired) electrons. The maximum absolute atomic E-state index is 12.7. The first-order valence-corrected chi connectivity index (χ1v) is 10.0. The summed E-state index contributed by atoms with van der Waals surface area (Å²) >= 11 is 0. The van der Waals surface area contributed by atoms with Crippen molar-refractivity contribution in [2.24, 2.45) is 0 Å². The van der Waals surface area contributed by atoms with Gasteiger partial charge in [-0.3, -0.25) is 0 Å². The average molecular weight is 385 g/mol. The number of unbranched alkanes of at least 4 members (excludes halogenated alkanes) is 1. The van der Waals surface area contributed by atoms with Crippen LogP contribution >= 0.6 is 0 Å². The first-order valence-electron chi connectivity index (χ1n) is 10.0. The van der Waals surface area contributed by atoms with Crippen LogP contribution in [0, 0.1) is 0 Å².